The Hall–Kier alpha value is -0.120. The molecule has 1 saturated carbocycles. The van der Waals surface area contributed by atoms with E-state index in [0.717, 1.165) is 45.5 Å². The van der Waals surface area contributed by atoms with Crippen molar-refractivity contribution in [2.24, 2.45) is 0 Å². The van der Waals surface area contributed by atoms with Crippen molar-refractivity contribution in [1.82, 2.24) is 0 Å². The molecule has 86 valence electrons. The molecule has 0 N–H and O–H groups in total. The zero-order chi connectivity index (χ0) is 10.2. The predicted octanol–water partition coefficient (Wildman–Crippen LogP) is 2.24. The average Bonchev–Trinajstić information content (AvgIpc) is 2.74. The molecule has 0 radical (unpaired) electrons. The minimum atomic E-state index is -0.241. The van der Waals surface area contributed by atoms with E-state index in [1.165, 1.54) is 19.3 Å². The van der Waals surface area contributed by atoms with Crippen LogP contribution >= 0.6 is 0 Å². The van der Waals surface area contributed by atoms with Crippen LogP contribution in [0.5, 0.6) is 0 Å². The molecule has 2 saturated heterocycles. The number of rotatable bonds is 0. The Balaban J connectivity index is 1.63. The van der Waals surface area contributed by atoms with E-state index in [1.54, 1.807) is 0 Å². The summed E-state index contributed by atoms with van der Waals surface area (Å²) in [6.07, 6.45) is 8.22. The molecule has 2 heterocycles. The summed E-state index contributed by atoms with van der Waals surface area (Å²) in [5.41, 5.74) is -0.0945. The quantitative estimate of drug-likeness (QED) is 0.616. The van der Waals surface area contributed by atoms with E-state index in [0.29, 0.717) is 0 Å². The molecule has 0 amide bonds. The molecule has 3 rings (SSSR count). The second-order valence-electron chi connectivity index (χ2n) is 5.18. The third-order valence-corrected chi connectivity index (χ3v) is 4.00. The van der Waals surface area contributed by atoms with Crippen LogP contribution in [0.2, 0.25) is 0 Å². The topological polar surface area (TPSA) is 27.7 Å². The third-order valence-electron chi connectivity index (χ3n) is 4.00. The highest BCUT2D eigenvalue weighted by Gasteiger charge is 2.47. The monoisotopic (exact) mass is 212 g/mol. The van der Waals surface area contributed by atoms with Gasteiger partial charge in [-0.05, 0) is 25.7 Å². The molecular formula is C12H20O3. The van der Waals surface area contributed by atoms with E-state index < -0.39 is 0 Å². The molecule has 3 nitrogen and oxygen atoms in total. The van der Waals surface area contributed by atoms with E-state index in [4.69, 9.17) is 14.2 Å². The highest BCUT2D eigenvalue weighted by Crippen LogP contribution is 2.40. The van der Waals surface area contributed by atoms with Gasteiger partial charge in [-0.3, -0.25) is 0 Å². The lowest BCUT2D eigenvalue weighted by Crippen LogP contribution is -2.53. The van der Waals surface area contributed by atoms with Gasteiger partial charge in [0.15, 0.2) is 5.79 Å². The van der Waals surface area contributed by atoms with Crippen molar-refractivity contribution < 1.29 is 14.2 Å². The first-order chi connectivity index (χ1) is 7.33. The lowest BCUT2D eigenvalue weighted by Gasteiger charge is -2.46. The van der Waals surface area contributed by atoms with E-state index >= 15 is 0 Å². The Morgan fingerprint density at radius 3 is 2.00 bits per heavy atom. The van der Waals surface area contributed by atoms with Gasteiger partial charge in [-0.25, -0.2) is 0 Å². The Kier molecular flexibility index (Phi) is 2.49. The van der Waals surface area contributed by atoms with E-state index in [1.807, 2.05) is 0 Å². The highest BCUT2D eigenvalue weighted by molar-refractivity contribution is 4.91. The molecule has 2 aliphatic heterocycles. The maximum absolute atomic E-state index is 6.00. The van der Waals surface area contributed by atoms with Crippen LogP contribution in [0.15, 0.2) is 0 Å². The van der Waals surface area contributed by atoms with Gasteiger partial charge in [0.1, 0.15) is 5.60 Å². The predicted molar refractivity (Wildman–Crippen MR) is 55.6 cm³/mol. The standard InChI is InChI=1S/C12H20O3/c1-2-6-12(7-3-1)14-9-11(10-15-12)5-4-8-13-11/h1-10H2. The Morgan fingerprint density at radius 2 is 1.40 bits per heavy atom. The molecule has 3 aliphatic rings. The Morgan fingerprint density at radius 1 is 0.667 bits per heavy atom. The average molecular weight is 212 g/mol. The van der Waals surface area contributed by atoms with Gasteiger partial charge in [-0.2, -0.15) is 0 Å². The second-order valence-corrected chi connectivity index (χ2v) is 5.18. The molecular weight excluding hydrogens is 192 g/mol. The van der Waals surface area contributed by atoms with Crippen molar-refractivity contribution in [2.75, 3.05) is 19.8 Å². The van der Waals surface area contributed by atoms with Gasteiger partial charge in [-0.1, -0.05) is 6.42 Å². The van der Waals surface area contributed by atoms with Crippen LogP contribution in [-0.2, 0) is 14.2 Å². The smallest absolute Gasteiger partial charge is 0.168 e. The molecule has 0 atom stereocenters. The van der Waals surface area contributed by atoms with Gasteiger partial charge < -0.3 is 14.2 Å². The molecule has 3 fully saturated rings. The summed E-state index contributed by atoms with van der Waals surface area (Å²) < 4.78 is 17.8. The van der Waals surface area contributed by atoms with Crippen molar-refractivity contribution in [3.05, 3.63) is 0 Å². The van der Waals surface area contributed by atoms with Gasteiger partial charge in [0, 0.05) is 19.4 Å². The summed E-state index contributed by atoms with van der Waals surface area (Å²) in [4.78, 5) is 0. The van der Waals surface area contributed by atoms with Gasteiger partial charge >= 0.3 is 0 Å². The largest absolute Gasteiger partial charge is 0.370 e. The fourth-order valence-corrected chi connectivity index (χ4v) is 2.97. The second kappa shape index (κ2) is 3.72. The zero-order valence-electron chi connectivity index (χ0n) is 9.30. The first-order valence-corrected chi connectivity index (χ1v) is 6.25. The molecule has 15 heavy (non-hydrogen) atoms. The van der Waals surface area contributed by atoms with Crippen molar-refractivity contribution in [3.8, 4) is 0 Å². The fraction of sp³-hybridized carbons (Fsp3) is 1.00. The summed E-state index contributed by atoms with van der Waals surface area (Å²) in [6.45, 7) is 2.36. The Bertz CT molecular complexity index is 215. The van der Waals surface area contributed by atoms with Crippen LogP contribution in [0.25, 0.3) is 0 Å². The minimum absolute atomic E-state index is 0.0945. The van der Waals surface area contributed by atoms with E-state index in [2.05, 4.69) is 0 Å². The molecule has 0 unspecified atom stereocenters. The summed E-state index contributed by atoms with van der Waals surface area (Å²) >= 11 is 0. The summed E-state index contributed by atoms with van der Waals surface area (Å²) in [5.74, 6) is -0.241. The maximum atomic E-state index is 6.00. The zero-order valence-corrected chi connectivity index (χ0v) is 9.30. The van der Waals surface area contributed by atoms with Crippen LogP contribution in [0.4, 0.5) is 0 Å². The van der Waals surface area contributed by atoms with E-state index in [-0.39, 0.29) is 11.4 Å². The first-order valence-electron chi connectivity index (χ1n) is 6.25. The van der Waals surface area contributed by atoms with Crippen LogP contribution < -0.4 is 0 Å². The van der Waals surface area contributed by atoms with Crippen LogP contribution in [0.1, 0.15) is 44.9 Å². The van der Waals surface area contributed by atoms with Gasteiger partial charge in [0.05, 0.1) is 13.2 Å². The van der Waals surface area contributed by atoms with Crippen LogP contribution in [0.3, 0.4) is 0 Å². The lowest BCUT2D eigenvalue weighted by atomic mass is 9.91. The van der Waals surface area contributed by atoms with Gasteiger partial charge in [0.2, 0.25) is 0 Å². The fourth-order valence-electron chi connectivity index (χ4n) is 2.97. The first kappa shape index (κ1) is 10.1. The third kappa shape index (κ3) is 1.81. The molecule has 3 heteroatoms. The molecule has 2 spiro atoms. The summed E-state index contributed by atoms with van der Waals surface area (Å²) in [6, 6.07) is 0. The Labute approximate surface area is 91.1 Å². The van der Waals surface area contributed by atoms with Crippen LogP contribution in [0, 0.1) is 0 Å². The number of hydrogen-bond acceptors (Lipinski definition) is 3. The van der Waals surface area contributed by atoms with Crippen LogP contribution in [-0.4, -0.2) is 31.2 Å². The minimum Gasteiger partial charge on any atom is -0.370 e. The molecule has 1 aliphatic carbocycles. The van der Waals surface area contributed by atoms with Crippen molar-refractivity contribution >= 4 is 0 Å². The van der Waals surface area contributed by atoms with Crippen molar-refractivity contribution in [1.29, 1.82) is 0 Å². The maximum Gasteiger partial charge on any atom is 0.168 e. The van der Waals surface area contributed by atoms with Gasteiger partial charge in [0.25, 0.3) is 0 Å². The highest BCUT2D eigenvalue weighted by atomic mass is 16.7. The molecule has 0 aromatic heterocycles. The normalized spacial score (nSPS) is 33.6. The molecule has 0 bridgehead atoms. The van der Waals surface area contributed by atoms with Gasteiger partial charge in [-0.15, -0.1) is 0 Å². The van der Waals surface area contributed by atoms with Crippen molar-refractivity contribution in [2.45, 2.75) is 56.3 Å². The number of hydrogen-bond donors (Lipinski definition) is 0. The van der Waals surface area contributed by atoms with E-state index in [9.17, 15) is 0 Å². The summed E-state index contributed by atoms with van der Waals surface area (Å²) in [7, 11) is 0. The SMILES string of the molecule is C1CCC2(CC1)OCC1(CCCO1)CO2. The molecule has 0 aromatic rings. The van der Waals surface area contributed by atoms with Crippen molar-refractivity contribution in [3.63, 3.8) is 0 Å². The molecule has 0 aromatic carbocycles. The number of ether oxygens (including phenoxy) is 3. The lowest BCUT2D eigenvalue weighted by molar-refractivity contribution is -0.327. The summed E-state index contributed by atoms with van der Waals surface area (Å²) in [5, 5.41) is 0.